The van der Waals surface area contributed by atoms with Crippen LogP contribution in [-0.4, -0.2) is 71.7 Å². The van der Waals surface area contributed by atoms with Crippen LogP contribution in [0.5, 0.6) is 0 Å². The van der Waals surface area contributed by atoms with E-state index in [1.807, 2.05) is 41.9 Å². The highest BCUT2D eigenvalue weighted by molar-refractivity contribution is 5.82. The summed E-state index contributed by atoms with van der Waals surface area (Å²) in [6.07, 6.45) is 6.38. The molecular weight excluding hydrogens is 476 g/mol. The molecule has 0 bridgehead atoms. The van der Waals surface area contributed by atoms with Gasteiger partial charge in [-0.1, -0.05) is 36.4 Å². The van der Waals surface area contributed by atoms with Gasteiger partial charge < -0.3 is 15.1 Å². The third-order valence-electron chi connectivity index (χ3n) is 6.31. The molecule has 0 unspecified atom stereocenters. The van der Waals surface area contributed by atoms with E-state index < -0.39 is 0 Å². The zero-order chi connectivity index (χ0) is 26.9. The van der Waals surface area contributed by atoms with Gasteiger partial charge in [0.05, 0.1) is 17.4 Å². The summed E-state index contributed by atoms with van der Waals surface area (Å²) in [5.41, 5.74) is 5.03. The number of likely N-dealkylation sites (N-methyl/N-ethyl adjacent to an activating group) is 2. The number of carbonyl (C=O) groups excluding carboxylic acids is 1. The molecule has 0 aliphatic rings. The Morgan fingerprint density at radius 3 is 2.45 bits per heavy atom. The first-order valence-electron chi connectivity index (χ1n) is 12.8. The van der Waals surface area contributed by atoms with E-state index in [0.717, 1.165) is 42.9 Å². The quantitative estimate of drug-likeness (QED) is 0.268. The molecule has 1 N–H and O–H groups in total. The monoisotopic (exact) mass is 512 g/mol. The maximum atomic E-state index is 11.5. The topological polar surface area (TPSA) is 82.4 Å². The Hall–Kier alpha value is -4.24. The molecule has 0 saturated heterocycles. The number of aldehydes is 1. The standard InChI is InChI=1S/C29H36N8O/c1-5-30-29-31-18-25(22-38)28(33-29)36(4)15-14-35(3)26-12-9-13-27(16-26)37-21-24(17-32-37)20-34(2)19-23-10-7-6-8-11-23/h6-13,16-18,21-22H,5,14-15,19-20H2,1-4H3,(H,30,31,33). The Kier molecular flexibility index (Phi) is 9.05. The average molecular weight is 513 g/mol. The van der Waals surface area contributed by atoms with Gasteiger partial charge in [-0.3, -0.25) is 9.69 Å². The Balaban J connectivity index is 1.38. The lowest BCUT2D eigenvalue weighted by Crippen LogP contribution is -2.32. The van der Waals surface area contributed by atoms with Crippen LogP contribution in [0, 0.1) is 0 Å². The van der Waals surface area contributed by atoms with E-state index in [1.54, 1.807) is 6.20 Å². The van der Waals surface area contributed by atoms with Gasteiger partial charge in [0.25, 0.3) is 0 Å². The minimum absolute atomic E-state index is 0.475. The third kappa shape index (κ3) is 6.95. The Morgan fingerprint density at radius 1 is 0.921 bits per heavy atom. The van der Waals surface area contributed by atoms with Crippen molar-refractivity contribution in [3.63, 3.8) is 0 Å². The van der Waals surface area contributed by atoms with Crippen LogP contribution in [-0.2, 0) is 13.1 Å². The molecule has 2 aromatic carbocycles. The lowest BCUT2D eigenvalue weighted by atomic mass is 10.2. The number of hydrogen-bond acceptors (Lipinski definition) is 8. The second-order valence-corrected chi connectivity index (χ2v) is 9.43. The van der Waals surface area contributed by atoms with Gasteiger partial charge in [-0.2, -0.15) is 10.1 Å². The molecule has 9 heteroatoms. The van der Waals surface area contributed by atoms with Gasteiger partial charge in [-0.25, -0.2) is 9.67 Å². The van der Waals surface area contributed by atoms with E-state index in [1.165, 1.54) is 5.56 Å². The highest BCUT2D eigenvalue weighted by atomic mass is 16.1. The predicted octanol–water partition coefficient (Wildman–Crippen LogP) is 4.11. The zero-order valence-electron chi connectivity index (χ0n) is 22.6. The number of nitrogens with one attached hydrogen (secondary N) is 1. The van der Waals surface area contributed by atoms with Gasteiger partial charge in [0, 0.05) is 70.5 Å². The molecule has 0 amide bonds. The van der Waals surface area contributed by atoms with Crippen molar-refractivity contribution in [2.24, 2.45) is 0 Å². The summed E-state index contributed by atoms with van der Waals surface area (Å²) in [6, 6.07) is 18.8. The van der Waals surface area contributed by atoms with E-state index in [2.05, 4.69) is 92.9 Å². The average Bonchev–Trinajstić information content (AvgIpc) is 3.40. The van der Waals surface area contributed by atoms with Crippen molar-refractivity contribution >= 4 is 23.7 Å². The number of hydrogen-bond donors (Lipinski definition) is 1. The van der Waals surface area contributed by atoms with Gasteiger partial charge in [-0.15, -0.1) is 0 Å². The van der Waals surface area contributed by atoms with E-state index in [-0.39, 0.29) is 0 Å². The fraction of sp³-hybridized carbons (Fsp3) is 0.310. The normalized spacial score (nSPS) is 11.0. The fourth-order valence-corrected chi connectivity index (χ4v) is 4.27. The third-order valence-corrected chi connectivity index (χ3v) is 6.31. The molecule has 2 heterocycles. The Morgan fingerprint density at radius 2 is 1.68 bits per heavy atom. The summed E-state index contributed by atoms with van der Waals surface area (Å²) in [5, 5.41) is 7.72. The SMILES string of the molecule is CCNc1ncc(C=O)c(N(C)CCN(C)c2cccc(-n3cc(CN(C)Cc4ccccc4)cn3)c2)n1. The summed E-state index contributed by atoms with van der Waals surface area (Å²) in [7, 11) is 6.12. The van der Waals surface area contributed by atoms with Crippen molar-refractivity contribution in [3.05, 3.63) is 89.9 Å². The van der Waals surface area contributed by atoms with Crippen LogP contribution >= 0.6 is 0 Å². The first kappa shape index (κ1) is 26.8. The van der Waals surface area contributed by atoms with Crippen LogP contribution in [0.3, 0.4) is 0 Å². The number of nitrogens with zero attached hydrogens (tertiary/aromatic N) is 7. The summed E-state index contributed by atoms with van der Waals surface area (Å²) < 4.78 is 1.93. The first-order valence-corrected chi connectivity index (χ1v) is 12.8. The molecule has 0 fully saturated rings. The number of anilines is 3. The molecule has 9 nitrogen and oxygen atoms in total. The molecule has 2 aromatic heterocycles. The van der Waals surface area contributed by atoms with Crippen molar-refractivity contribution in [2.45, 2.75) is 20.0 Å². The molecule has 4 aromatic rings. The zero-order valence-corrected chi connectivity index (χ0v) is 22.6. The van der Waals surface area contributed by atoms with Gasteiger partial charge in [-0.05, 0) is 37.7 Å². The molecule has 4 rings (SSSR count). The van der Waals surface area contributed by atoms with Crippen molar-refractivity contribution in [1.29, 1.82) is 0 Å². The molecule has 0 spiro atoms. The molecule has 38 heavy (non-hydrogen) atoms. The van der Waals surface area contributed by atoms with Crippen molar-refractivity contribution < 1.29 is 4.79 Å². The van der Waals surface area contributed by atoms with Crippen LogP contribution in [0.2, 0.25) is 0 Å². The van der Waals surface area contributed by atoms with Crippen LogP contribution in [0.15, 0.2) is 73.2 Å². The van der Waals surface area contributed by atoms with E-state index >= 15 is 0 Å². The highest BCUT2D eigenvalue weighted by Gasteiger charge is 2.13. The number of aromatic nitrogens is 4. The summed E-state index contributed by atoms with van der Waals surface area (Å²) >= 11 is 0. The summed E-state index contributed by atoms with van der Waals surface area (Å²) in [5.74, 6) is 1.14. The molecule has 0 saturated carbocycles. The second kappa shape index (κ2) is 12.8. The van der Waals surface area contributed by atoms with E-state index in [4.69, 9.17) is 0 Å². The van der Waals surface area contributed by atoms with Crippen LogP contribution in [0.25, 0.3) is 5.69 Å². The minimum Gasteiger partial charge on any atom is -0.373 e. The van der Waals surface area contributed by atoms with Crippen LogP contribution < -0.4 is 15.1 Å². The molecular formula is C29H36N8O. The lowest BCUT2D eigenvalue weighted by Gasteiger charge is -2.25. The highest BCUT2D eigenvalue weighted by Crippen LogP contribution is 2.20. The van der Waals surface area contributed by atoms with Crippen molar-refractivity contribution in [1.82, 2.24) is 24.6 Å². The molecule has 0 atom stereocenters. The number of rotatable bonds is 13. The van der Waals surface area contributed by atoms with Crippen molar-refractivity contribution in [3.8, 4) is 5.69 Å². The second-order valence-electron chi connectivity index (χ2n) is 9.43. The molecule has 0 radical (unpaired) electrons. The fourth-order valence-electron chi connectivity index (χ4n) is 4.27. The van der Waals surface area contributed by atoms with E-state index in [0.29, 0.717) is 30.4 Å². The number of carbonyl (C=O) groups is 1. The Bertz CT molecular complexity index is 1320. The van der Waals surface area contributed by atoms with Crippen molar-refractivity contribution in [2.75, 3.05) is 55.9 Å². The maximum Gasteiger partial charge on any atom is 0.224 e. The largest absolute Gasteiger partial charge is 0.373 e. The minimum atomic E-state index is 0.475. The first-order chi connectivity index (χ1) is 18.5. The number of benzene rings is 2. The molecule has 198 valence electrons. The van der Waals surface area contributed by atoms with Gasteiger partial charge in [0.15, 0.2) is 6.29 Å². The Labute approximate surface area is 224 Å². The predicted molar refractivity (Wildman–Crippen MR) is 153 cm³/mol. The molecule has 0 aliphatic carbocycles. The van der Waals surface area contributed by atoms with Gasteiger partial charge >= 0.3 is 0 Å². The summed E-state index contributed by atoms with van der Waals surface area (Å²) in [6.45, 7) is 5.84. The smallest absolute Gasteiger partial charge is 0.224 e. The van der Waals surface area contributed by atoms with Crippen LogP contribution in [0.1, 0.15) is 28.4 Å². The summed E-state index contributed by atoms with van der Waals surface area (Å²) in [4.78, 5) is 26.7. The lowest BCUT2D eigenvalue weighted by molar-refractivity contribution is 0.112. The maximum absolute atomic E-state index is 11.5. The van der Waals surface area contributed by atoms with E-state index in [9.17, 15) is 4.79 Å². The molecule has 0 aliphatic heterocycles. The van der Waals surface area contributed by atoms with Crippen LogP contribution in [0.4, 0.5) is 17.5 Å². The van der Waals surface area contributed by atoms with Gasteiger partial charge in [0.2, 0.25) is 5.95 Å². The van der Waals surface area contributed by atoms with Gasteiger partial charge in [0.1, 0.15) is 5.82 Å².